The summed E-state index contributed by atoms with van der Waals surface area (Å²) in [4.78, 5) is 5.26. The lowest BCUT2D eigenvalue weighted by Gasteiger charge is -2.13. The van der Waals surface area contributed by atoms with Gasteiger partial charge in [-0.1, -0.05) is 115 Å². The van der Waals surface area contributed by atoms with E-state index in [0.29, 0.717) is 12.2 Å². The van der Waals surface area contributed by atoms with E-state index < -0.39 is 0 Å². The summed E-state index contributed by atoms with van der Waals surface area (Å²) in [5.74, 6) is 0. The fourth-order valence-corrected chi connectivity index (χ4v) is 7.67. The zero-order valence-corrected chi connectivity index (χ0v) is 26.0. The van der Waals surface area contributed by atoms with Gasteiger partial charge in [0.1, 0.15) is 11.2 Å². The van der Waals surface area contributed by atoms with Crippen molar-refractivity contribution in [1.29, 1.82) is 0 Å². The second-order valence-electron chi connectivity index (χ2n) is 12.5. The van der Waals surface area contributed by atoms with Crippen LogP contribution in [0.3, 0.4) is 0 Å². The van der Waals surface area contributed by atoms with Crippen molar-refractivity contribution in [2.24, 2.45) is 4.99 Å². The van der Waals surface area contributed by atoms with Crippen molar-refractivity contribution in [3.63, 3.8) is 0 Å². The molecule has 4 heteroatoms. The molecule has 2 heterocycles. The number of rotatable bonds is 5. The molecule has 0 aliphatic rings. The van der Waals surface area contributed by atoms with Crippen molar-refractivity contribution in [3.8, 4) is 11.1 Å². The van der Waals surface area contributed by atoms with Crippen LogP contribution in [0.5, 0.6) is 0 Å². The quantitative estimate of drug-likeness (QED) is 0.155. The molecular weight excluding hydrogens is 587 g/mol. The number of fused-ring (bicyclic) bond motifs is 3. The highest BCUT2D eigenvalue weighted by atomic mass is 16.3. The predicted molar refractivity (Wildman–Crippen MR) is 202 cm³/mol. The molecule has 226 valence electrons. The average Bonchev–Trinajstić information content (AvgIpc) is 3.68. The van der Waals surface area contributed by atoms with Gasteiger partial charge >= 0.3 is 0 Å². The smallest absolute Gasteiger partial charge is 0.136 e. The molecule has 0 aliphatic heterocycles. The predicted octanol–water partition coefficient (Wildman–Crippen LogP) is 11.5. The summed E-state index contributed by atoms with van der Waals surface area (Å²) in [5, 5.41) is 9.65. The van der Waals surface area contributed by atoms with Crippen molar-refractivity contribution in [3.05, 3.63) is 157 Å². The molecule has 10 rings (SSSR count). The van der Waals surface area contributed by atoms with Crippen LogP contribution in [0, 0.1) is 0 Å². The van der Waals surface area contributed by atoms with Crippen molar-refractivity contribution in [1.82, 2.24) is 4.57 Å². The van der Waals surface area contributed by atoms with E-state index >= 15 is 0 Å². The molecule has 8 aromatic carbocycles. The van der Waals surface area contributed by atoms with Crippen LogP contribution < -0.4 is 5.73 Å². The van der Waals surface area contributed by atoms with Gasteiger partial charge in [-0.05, 0) is 74.6 Å². The van der Waals surface area contributed by atoms with Crippen molar-refractivity contribution in [2.45, 2.75) is 6.54 Å². The topological polar surface area (TPSA) is 56.4 Å². The number of nitrogens with zero attached hydrogens (tertiary/aromatic N) is 2. The van der Waals surface area contributed by atoms with E-state index in [4.69, 9.17) is 15.1 Å². The Bertz CT molecular complexity index is 2860. The minimum Gasteiger partial charge on any atom is -0.456 e. The number of nitrogen functional groups attached to an aromatic ring is 1. The van der Waals surface area contributed by atoms with E-state index in [9.17, 15) is 0 Å². The standard InChI is InChI=1S/C44H29N3O/c45-34-16-6-7-17-35(34)46-36(29-22-20-28(21-23-29)27-10-2-1-3-11-27)26-47-37-18-8-14-32-30-12-4-5-13-31(30)33-15-9-19-39-42(33)44-40(48-39)25-24-38(47)43(44)41(32)37/h1-25H,26,45H2. The molecule has 4 nitrogen and oxygen atoms in total. The second-order valence-corrected chi connectivity index (χ2v) is 12.5. The molecule has 0 spiro atoms. The van der Waals surface area contributed by atoms with Crippen LogP contribution in [0.25, 0.3) is 76.4 Å². The van der Waals surface area contributed by atoms with Crippen LogP contribution in [0.4, 0.5) is 11.4 Å². The molecule has 0 fully saturated rings. The van der Waals surface area contributed by atoms with Gasteiger partial charge in [-0.3, -0.25) is 0 Å². The van der Waals surface area contributed by atoms with Crippen LogP contribution in [-0.2, 0) is 6.54 Å². The van der Waals surface area contributed by atoms with Gasteiger partial charge in [0.05, 0.1) is 34.7 Å². The van der Waals surface area contributed by atoms with E-state index in [1.165, 1.54) is 54.2 Å². The van der Waals surface area contributed by atoms with Crippen molar-refractivity contribution >= 4 is 82.4 Å². The van der Waals surface area contributed by atoms with Gasteiger partial charge in [0.15, 0.2) is 0 Å². The van der Waals surface area contributed by atoms with E-state index in [-0.39, 0.29) is 0 Å². The van der Waals surface area contributed by atoms with Gasteiger partial charge in [-0.2, -0.15) is 0 Å². The van der Waals surface area contributed by atoms with Crippen LogP contribution in [0.1, 0.15) is 5.56 Å². The van der Waals surface area contributed by atoms with Crippen molar-refractivity contribution < 1.29 is 4.42 Å². The highest BCUT2D eigenvalue weighted by Gasteiger charge is 2.23. The van der Waals surface area contributed by atoms with E-state index in [1.807, 2.05) is 30.3 Å². The summed E-state index contributed by atoms with van der Waals surface area (Å²) in [6.07, 6.45) is 0. The zero-order chi connectivity index (χ0) is 31.8. The summed E-state index contributed by atoms with van der Waals surface area (Å²) in [6, 6.07) is 53.2. The number of aromatic nitrogens is 1. The Balaban J connectivity index is 1.28. The first-order chi connectivity index (χ1) is 23.7. The van der Waals surface area contributed by atoms with Gasteiger partial charge in [0, 0.05) is 21.5 Å². The lowest BCUT2D eigenvalue weighted by atomic mass is 9.95. The molecular formula is C44H29N3O. The number of nitrogens with two attached hydrogens (primary N) is 1. The minimum atomic E-state index is 0.554. The maximum Gasteiger partial charge on any atom is 0.136 e. The largest absolute Gasteiger partial charge is 0.456 e. The lowest BCUT2D eigenvalue weighted by molar-refractivity contribution is 0.669. The Kier molecular flexibility index (Phi) is 5.75. The van der Waals surface area contributed by atoms with E-state index in [1.54, 1.807) is 0 Å². The summed E-state index contributed by atoms with van der Waals surface area (Å²) in [6.45, 7) is 0.554. The number of para-hydroxylation sites is 2. The third-order valence-corrected chi connectivity index (χ3v) is 9.85. The summed E-state index contributed by atoms with van der Waals surface area (Å²) >= 11 is 0. The Morgan fingerprint density at radius 1 is 0.500 bits per heavy atom. The van der Waals surface area contributed by atoms with Gasteiger partial charge in [0.25, 0.3) is 0 Å². The second kappa shape index (κ2) is 10.3. The molecule has 0 radical (unpaired) electrons. The summed E-state index contributed by atoms with van der Waals surface area (Å²) < 4.78 is 8.97. The Hall–Kier alpha value is -6.39. The maximum absolute atomic E-state index is 6.54. The minimum absolute atomic E-state index is 0.554. The molecule has 0 aliphatic carbocycles. The molecule has 0 saturated heterocycles. The fraction of sp³-hybridized carbons (Fsp3) is 0.0227. The maximum atomic E-state index is 6.54. The van der Waals surface area contributed by atoms with Gasteiger partial charge in [0.2, 0.25) is 0 Å². The molecule has 48 heavy (non-hydrogen) atoms. The third kappa shape index (κ3) is 3.93. The molecule has 0 unspecified atom stereocenters. The molecule has 0 amide bonds. The summed E-state index contributed by atoms with van der Waals surface area (Å²) in [5.41, 5.74) is 16.4. The number of hydrogen-bond donors (Lipinski definition) is 1. The number of aliphatic imine (C=N–C) groups is 1. The van der Waals surface area contributed by atoms with Gasteiger partial charge < -0.3 is 14.7 Å². The lowest BCUT2D eigenvalue weighted by Crippen LogP contribution is -2.12. The number of furan rings is 1. The molecule has 2 N–H and O–H groups in total. The van der Waals surface area contributed by atoms with Crippen molar-refractivity contribution in [2.75, 3.05) is 5.73 Å². The number of benzene rings is 7. The monoisotopic (exact) mass is 615 g/mol. The highest BCUT2D eigenvalue weighted by Crippen LogP contribution is 2.46. The first kappa shape index (κ1) is 26.8. The molecule has 2 aromatic heterocycles. The SMILES string of the molecule is Nc1ccccc1N=C(Cn1c2cccc3c4ccccc4c4cccc5oc6ccc1c(c6c54)c32)c1ccc(-c2ccccc2)cc1. The normalized spacial score (nSPS) is 12.5. The van der Waals surface area contributed by atoms with Crippen LogP contribution in [-0.4, -0.2) is 10.3 Å². The number of hydrogen-bond acceptors (Lipinski definition) is 3. The van der Waals surface area contributed by atoms with Crippen LogP contribution in [0.15, 0.2) is 161 Å². The highest BCUT2D eigenvalue weighted by molar-refractivity contribution is 6.38. The first-order valence-corrected chi connectivity index (χ1v) is 16.3. The van der Waals surface area contributed by atoms with Gasteiger partial charge in [-0.15, -0.1) is 0 Å². The third-order valence-electron chi connectivity index (χ3n) is 9.85. The Morgan fingerprint density at radius 3 is 1.92 bits per heavy atom. The van der Waals surface area contributed by atoms with Crippen LogP contribution in [0.2, 0.25) is 0 Å². The zero-order valence-electron chi connectivity index (χ0n) is 26.0. The van der Waals surface area contributed by atoms with Gasteiger partial charge in [-0.25, -0.2) is 4.99 Å². The Morgan fingerprint density at radius 2 is 1.12 bits per heavy atom. The molecule has 10 aromatic rings. The molecule has 0 bridgehead atoms. The molecule has 0 saturated carbocycles. The average molecular weight is 616 g/mol. The number of anilines is 1. The summed E-state index contributed by atoms with van der Waals surface area (Å²) in [7, 11) is 0. The van der Waals surface area contributed by atoms with E-state index in [2.05, 4.69) is 126 Å². The van der Waals surface area contributed by atoms with E-state index in [0.717, 1.165) is 39.2 Å². The first-order valence-electron chi connectivity index (χ1n) is 16.3. The Labute approximate surface area is 276 Å². The molecule has 0 atom stereocenters. The fourth-order valence-electron chi connectivity index (χ4n) is 7.67. The van der Waals surface area contributed by atoms with Crippen LogP contribution >= 0.6 is 0 Å².